The first-order valence-corrected chi connectivity index (χ1v) is 6.00. The molecule has 1 heterocycles. The van der Waals surface area contributed by atoms with E-state index in [4.69, 9.17) is 0 Å². The van der Waals surface area contributed by atoms with Gasteiger partial charge in [0.1, 0.15) is 0 Å². The summed E-state index contributed by atoms with van der Waals surface area (Å²) in [5, 5.41) is 0. The summed E-state index contributed by atoms with van der Waals surface area (Å²) in [5.41, 5.74) is 1.17. The number of benzene rings is 1. The lowest BCUT2D eigenvalue weighted by atomic mass is 10.2. The Morgan fingerprint density at radius 3 is 2.31 bits per heavy atom. The second-order valence-electron chi connectivity index (χ2n) is 3.62. The van der Waals surface area contributed by atoms with E-state index < -0.39 is 0 Å². The standard InChI is InChI=1S/C12H13BrN2O/c1-2-14-7-8-15(12(14)16)9-10-3-5-11(13)6-4-10/h3-8H,2,9H2,1H3. The highest BCUT2D eigenvalue weighted by Gasteiger charge is 2.02. The van der Waals surface area contributed by atoms with Crippen molar-refractivity contribution in [1.29, 1.82) is 0 Å². The van der Waals surface area contributed by atoms with Crippen LogP contribution in [0.15, 0.2) is 45.9 Å². The molecule has 0 aliphatic carbocycles. The fourth-order valence-electron chi connectivity index (χ4n) is 1.60. The fourth-order valence-corrected chi connectivity index (χ4v) is 1.87. The van der Waals surface area contributed by atoms with Crippen molar-refractivity contribution in [2.75, 3.05) is 0 Å². The number of imidazole rings is 1. The van der Waals surface area contributed by atoms with Crippen LogP contribution >= 0.6 is 15.9 Å². The Kier molecular flexibility index (Phi) is 3.29. The average molecular weight is 281 g/mol. The third-order valence-corrected chi connectivity index (χ3v) is 3.05. The van der Waals surface area contributed by atoms with Crippen LogP contribution in [0.2, 0.25) is 0 Å². The van der Waals surface area contributed by atoms with E-state index in [9.17, 15) is 4.79 Å². The molecule has 0 atom stereocenters. The van der Waals surface area contributed by atoms with Crippen molar-refractivity contribution >= 4 is 15.9 Å². The summed E-state index contributed by atoms with van der Waals surface area (Å²) in [6.07, 6.45) is 3.65. The molecule has 84 valence electrons. The third kappa shape index (κ3) is 2.27. The largest absolute Gasteiger partial charge is 0.328 e. The fraction of sp³-hybridized carbons (Fsp3) is 0.250. The molecular formula is C12H13BrN2O. The van der Waals surface area contributed by atoms with E-state index in [0.29, 0.717) is 13.1 Å². The van der Waals surface area contributed by atoms with Crippen molar-refractivity contribution in [1.82, 2.24) is 9.13 Å². The maximum Gasteiger partial charge on any atom is 0.328 e. The number of halogens is 1. The molecule has 0 unspecified atom stereocenters. The number of rotatable bonds is 3. The summed E-state index contributed by atoms with van der Waals surface area (Å²) >= 11 is 3.39. The number of aromatic nitrogens is 2. The van der Waals surface area contributed by atoms with Crippen LogP contribution in [0.3, 0.4) is 0 Å². The third-order valence-electron chi connectivity index (χ3n) is 2.52. The Balaban J connectivity index is 2.24. The summed E-state index contributed by atoms with van der Waals surface area (Å²) in [6, 6.07) is 7.99. The van der Waals surface area contributed by atoms with Gasteiger partial charge in [0.15, 0.2) is 0 Å². The zero-order valence-corrected chi connectivity index (χ0v) is 10.6. The maximum atomic E-state index is 11.8. The van der Waals surface area contributed by atoms with Gasteiger partial charge < -0.3 is 0 Å². The zero-order chi connectivity index (χ0) is 11.5. The van der Waals surface area contributed by atoms with Gasteiger partial charge in [0.05, 0.1) is 6.54 Å². The van der Waals surface area contributed by atoms with Gasteiger partial charge in [-0.3, -0.25) is 9.13 Å². The van der Waals surface area contributed by atoms with Gasteiger partial charge in [0.25, 0.3) is 0 Å². The van der Waals surface area contributed by atoms with Gasteiger partial charge in [-0.15, -0.1) is 0 Å². The predicted octanol–water partition coefficient (Wildman–Crippen LogP) is 2.48. The summed E-state index contributed by atoms with van der Waals surface area (Å²) in [5.74, 6) is 0. The monoisotopic (exact) mass is 280 g/mol. The lowest BCUT2D eigenvalue weighted by molar-refractivity contribution is 0.668. The van der Waals surface area contributed by atoms with Crippen LogP contribution < -0.4 is 5.69 Å². The first kappa shape index (κ1) is 11.2. The maximum absolute atomic E-state index is 11.8. The van der Waals surface area contributed by atoms with Crippen LogP contribution in [0.4, 0.5) is 0 Å². The molecule has 0 saturated heterocycles. The van der Waals surface area contributed by atoms with E-state index in [0.717, 1.165) is 10.0 Å². The summed E-state index contributed by atoms with van der Waals surface area (Å²) in [6.45, 7) is 3.30. The van der Waals surface area contributed by atoms with Gasteiger partial charge in [-0.25, -0.2) is 4.79 Å². The summed E-state index contributed by atoms with van der Waals surface area (Å²) in [4.78, 5) is 11.8. The molecule has 0 aliphatic rings. The van der Waals surface area contributed by atoms with E-state index in [1.54, 1.807) is 9.13 Å². The molecule has 1 aromatic carbocycles. The molecule has 2 rings (SSSR count). The van der Waals surface area contributed by atoms with Crippen molar-refractivity contribution in [3.8, 4) is 0 Å². The Morgan fingerprint density at radius 2 is 1.75 bits per heavy atom. The van der Waals surface area contributed by atoms with E-state index in [2.05, 4.69) is 15.9 Å². The molecule has 16 heavy (non-hydrogen) atoms. The number of nitrogens with zero attached hydrogens (tertiary/aromatic N) is 2. The highest BCUT2D eigenvalue weighted by atomic mass is 79.9. The molecule has 0 amide bonds. The van der Waals surface area contributed by atoms with Crippen LogP contribution in [-0.2, 0) is 13.1 Å². The van der Waals surface area contributed by atoms with Gasteiger partial charge in [-0.1, -0.05) is 28.1 Å². The van der Waals surface area contributed by atoms with Crippen LogP contribution in [0.5, 0.6) is 0 Å². The Morgan fingerprint density at radius 1 is 1.12 bits per heavy atom. The minimum Gasteiger partial charge on any atom is -0.300 e. The molecule has 4 heteroatoms. The topological polar surface area (TPSA) is 26.9 Å². The SMILES string of the molecule is CCn1ccn(Cc2ccc(Br)cc2)c1=O. The molecule has 0 spiro atoms. The molecule has 3 nitrogen and oxygen atoms in total. The normalized spacial score (nSPS) is 10.6. The average Bonchev–Trinajstić information content (AvgIpc) is 2.63. The van der Waals surface area contributed by atoms with Gasteiger partial charge in [-0.05, 0) is 24.6 Å². The Bertz CT molecular complexity index is 525. The molecule has 0 bridgehead atoms. The molecule has 0 fully saturated rings. The van der Waals surface area contributed by atoms with Crippen molar-refractivity contribution in [2.24, 2.45) is 0 Å². The summed E-state index contributed by atoms with van der Waals surface area (Å²) in [7, 11) is 0. The van der Waals surface area contributed by atoms with Crippen molar-refractivity contribution in [3.05, 3.63) is 57.2 Å². The molecular weight excluding hydrogens is 268 g/mol. The Hall–Kier alpha value is -1.29. The quantitative estimate of drug-likeness (QED) is 0.849. The lowest BCUT2D eigenvalue weighted by Gasteiger charge is -2.02. The first-order valence-electron chi connectivity index (χ1n) is 5.20. The second-order valence-corrected chi connectivity index (χ2v) is 4.54. The van der Waals surface area contributed by atoms with Crippen LogP contribution in [-0.4, -0.2) is 9.13 Å². The second kappa shape index (κ2) is 4.70. The number of aryl methyl sites for hydroxylation is 1. The highest BCUT2D eigenvalue weighted by Crippen LogP contribution is 2.10. The number of hydrogen-bond donors (Lipinski definition) is 0. The highest BCUT2D eigenvalue weighted by molar-refractivity contribution is 9.10. The van der Waals surface area contributed by atoms with E-state index >= 15 is 0 Å². The molecule has 0 saturated carbocycles. The predicted molar refractivity (Wildman–Crippen MR) is 67.6 cm³/mol. The van der Waals surface area contributed by atoms with E-state index in [-0.39, 0.29) is 5.69 Å². The van der Waals surface area contributed by atoms with Gasteiger partial charge in [0.2, 0.25) is 0 Å². The van der Waals surface area contributed by atoms with Crippen LogP contribution in [0.25, 0.3) is 0 Å². The lowest BCUT2D eigenvalue weighted by Crippen LogP contribution is -2.23. The molecule has 0 N–H and O–H groups in total. The van der Waals surface area contributed by atoms with Crippen molar-refractivity contribution in [2.45, 2.75) is 20.0 Å². The minimum absolute atomic E-state index is 0.0467. The smallest absolute Gasteiger partial charge is 0.300 e. The zero-order valence-electron chi connectivity index (χ0n) is 9.06. The van der Waals surface area contributed by atoms with Gasteiger partial charge in [-0.2, -0.15) is 0 Å². The van der Waals surface area contributed by atoms with E-state index in [1.807, 2.05) is 43.6 Å². The van der Waals surface area contributed by atoms with Crippen LogP contribution in [0.1, 0.15) is 12.5 Å². The molecule has 2 aromatic rings. The molecule has 1 aromatic heterocycles. The van der Waals surface area contributed by atoms with Gasteiger partial charge >= 0.3 is 5.69 Å². The summed E-state index contributed by atoms with van der Waals surface area (Å²) < 4.78 is 4.46. The van der Waals surface area contributed by atoms with E-state index in [1.165, 1.54) is 0 Å². The van der Waals surface area contributed by atoms with Gasteiger partial charge in [0, 0.05) is 23.4 Å². The Labute approximate surface area is 102 Å². The first-order chi connectivity index (χ1) is 7.70. The van der Waals surface area contributed by atoms with Crippen molar-refractivity contribution < 1.29 is 0 Å². The van der Waals surface area contributed by atoms with Crippen molar-refractivity contribution in [3.63, 3.8) is 0 Å². The number of hydrogen-bond acceptors (Lipinski definition) is 1. The molecule has 0 radical (unpaired) electrons. The minimum atomic E-state index is 0.0467. The molecule has 0 aliphatic heterocycles. The van der Waals surface area contributed by atoms with Crippen LogP contribution in [0, 0.1) is 0 Å².